The zero-order valence-corrected chi connectivity index (χ0v) is 12.9. The van der Waals surface area contributed by atoms with Crippen LogP contribution in [0.5, 0.6) is 0 Å². The van der Waals surface area contributed by atoms with Crippen LogP contribution in [-0.4, -0.2) is 54.6 Å². The number of pyridine rings is 1. The summed E-state index contributed by atoms with van der Waals surface area (Å²) in [5.41, 5.74) is 6.70. The Labute approximate surface area is 126 Å². The Kier molecular flexibility index (Phi) is 5.38. The summed E-state index contributed by atoms with van der Waals surface area (Å²) in [6.07, 6.45) is 2.78. The van der Waals surface area contributed by atoms with E-state index in [0.29, 0.717) is 5.82 Å². The van der Waals surface area contributed by atoms with Gasteiger partial charge in [0.05, 0.1) is 17.9 Å². The average Bonchev–Trinajstić information content (AvgIpc) is 2.53. The number of anilines is 2. The van der Waals surface area contributed by atoms with E-state index in [2.05, 4.69) is 27.0 Å². The first-order valence-electron chi connectivity index (χ1n) is 7.60. The van der Waals surface area contributed by atoms with Crippen molar-refractivity contribution < 1.29 is 4.79 Å². The molecule has 21 heavy (non-hydrogen) atoms. The van der Waals surface area contributed by atoms with Gasteiger partial charge in [0.2, 0.25) is 5.91 Å². The van der Waals surface area contributed by atoms with Crippen molar-refractivity contribution in [3.63, 3.8) is 0 Å². The van der Waals surface area contributed by atoms with Crippen LogP contribution >= 0.6 is 0 Å². The van der Waals surface area contributed by atoms with Crippen LogP contribution in [0, 0.1) is 0 Å². The van der Waals surface area contributed by atoms with Crippen LogP contribution < -0.4 is 16.0 Å². The number of carbonyl (C=O) groups is 1. The minimum atomic E-state index is -0.0664. The molecule has 1 atom stereocenters. The van der Waals surface area contributed by atoms with Gasteiger partial charge in [-0.1, -0.05) is 6.92 Å². The van der Waals surface area contributed by atoms with E-state index < -0.39 is 0 Å². The van der Waals surface area contributed by atoms with E-state index in [9.17, 15) is 4.79 Å². The molecule has 1 amide bonds. The van der Waals surface area contributed by atoms with Crippen LogP contribution in [-0.2, 0) is 4.79 Å². The Morgan fingerprint density at radius 2 is 2.10 bits per heavy atom. The lowest BCUT2D eigenvalue weighted by atomic mass is 10.2. The topological polar surface area (TPSA) is 74.5 Å². The number of hydrogen-bond donors (Lipinski definition) is 2. The maximum atomic E-state index is 12.0. The molecular weight excluding hydrogens is 266 g/mol. The first-order valence-corrected chi connectivity index (χ1v) is 7.60. The number of piperazine rings is 1. The molecule has 0 saturated carbocycles. The molecule has 1 unspecified atom stereocenters. The third-order valence-corrected chi connectivity index (χ3v) is 3.93. The molecule has 1 aromatic rings. The van der Waals surface area contributed by atoms with E-state index in [1.807, 2.05) is 25.3 Å². The average molecular weight is 291 g/mol. The first-order chi connectivity index (χ1) is 10.1. The summed E-state index contributed by atoms with van der Waals surface area (Å²) in [5, 5.41) is 2.96. The minimum absolute atomic E-state index is 0.0664. The molecule has 1 aromatic heterocycles. The number of nitrogens with zero attached hydrogens (tertiary/aromatic N) is 3. The zero-order valence-electron chi connectivity index (χ0n) is 12.9. The molecule has 2 heterocycles. The predicted molar refractivity (Wildman–Crippen MR) is 85.2 cm³/mol. The molecular formula is C15H25N5O. The van der Waals surface area contributed by atoms with Gasteiger partial charge in [0, 0.05) is 32.7 Å². The lowest BCUT2D eigenvalue weighted by Gasteiger charge is -2.38. The molecule has 0 radical (unpaired) electrons. The van der Waals surface area contributed by atoms with Crippen molar-refractivity contribution >= 4 is 17.4 Å². The smallest absolute Gasteiger partial charge is 0.237 e. The lowest BCUT2D eigenvalue weighted by Crippen LogP contribution is -2.54. The van der Waals surface area contributed by atoms with Gasteiger partial charge in [0.15, 0.2) is 0 Å². The van der Waals surface area contributed by atoms with Crippen LogP contribution in [0.25, 0.3) is 0 Å². The molecule has 1 aliphatic rings. The fourth-order valence-corrected chi connectivity index (χ4v) is 2.51. The van der Waals surface area contributed by atoms with Gasteiger partial charge in [-0.2, -0.15) is 0 Å². The number of hydrogen-bond acceptors (Lipinski definition) is 5. The van der Waals surface area contributed by atoms with Crippen molar-refractivity contribution in [2.24, 2.45) is 0 Å². The third kappa shape index (κ3) is 4.07. The summed E-state index contributed by atoms with van der Waals surface area (Å²) in [7, 11) is 0. The Morgan fingerprint density at radius 3 is 2.67 bits per heavy atom. The van der Waals surface area contributed by atoms with Crippen molar-refractivity contribution in [2.45, 2.75) is 26.3 Å². The van der Waals surface area contributed by atoms with E-state index in [1.54, 1.807) is 0 Å². The molecule has 0 bridgehead atoms. The number of nitrogen functional groups attached to an aromatic ring is 1. The van der Waals surface area contributed by atoms with Crippen LogP contribution in [0.3, 0.4) is 0 Å². The first kappa shape index (κ1) is 15.6. The largest absolute Gasteiger partial charge is 0.384 e. The third-order valence-electron chi connectivity index (χ3n) is 3.93. The molecule has 3 N–H and O–H groups in total. The SMILES string of the molecule is CCCNC(=O)C(C)N1CCN(c2ccc(N)nc2)CC1. The number of aromatic nitrogens is 1. The molecule has 1 saturated heterocycles. The van der Waals surface area contributed by atoms with Gasteiger partial charge in [-0.25, -0.2) is 4.98 Å². The summed E-state index contributed by atoms with van der Waals surface area (Å²) in [6.45, 7) is 8.35. The maximum absolute atomic E-state index is 12.0. The zero-order chi connectivity index (χ0) is 15.2. The standard InChI is InChI=1S/C15H25N5O/c1-3-6-17-15(21)12(2)19-7-9-20(10-8-19)13-4-5-14(16)18-11-13/h4-5,11-12H,3,6-10H2,1-2H3,(H2,16,18)(H,17,21). The summed E-state index contributed by atoms with van der Waals surface area (Å²) < 4.78 is 0. The summed E-state index contributed by atoms with van der Waals surface area (Å²) in [6, 6.07) is 3.75. The van der Waals surface area contributed by atoms with Crippen molar-refractivity contribution in [1.29, 1.82) is 0 Å². The van der Waals surface area contributed by atoms with Crippen molar-refractivity contribution in [3.8, 4) is 0 Å². The Hall–Kier alpha value is -1.82. The highest BCUT2D eigenvalue weighted by atomic mass is 16.2. The number of amides is 1. The molecule has 1 fully saturated rings. The molecule has 6 heteroatoms. The van der Waals surface area contributed by atoms with E-state index in [4.69, 9.17) is 5.73 Å². The highest BCUT2D eigenvalue weighted by Gasteiger charge is 2.25. The molecule has 0 spiro atoms. The van der Waals surface area contributed by atoms with Gasteiger partial charge in [-0.3, -0.25) is 9.69 Å². The summed E-state index contributed by atoms with van der Waals surface area (Å²) in [5.74, 6) is 0.665. The van der Waals surface area contributed by atoms with Gasteiger partial charge >= 0.3 is 0 Å². The number of nitrogens with one attached hydrogen (secondary N) is 1. The highest BCUT2D eigenvalue weighted by Crippen LogP contribution is 2.17. The van der Waals surface area contributed by atoms with Crippen LogP contribution in [0.4, 0.5) is 11.5 Å². The maximum Gasteiger partial charge on any atom is 0.237 e. The van der Waals surface area contributed by atoms with Gasteiger partial charge in [0.25, 0.3) is 0 Å². The van der Waals surface area contributed by atoms with Crippen molar-refractivity contribution in [3.05, 3.63) is 18.3 Å². The number of rotatable bonds is 5. The van der Waals surface area contributed by atoms with Crippen LogP contribution in [0.1, 0.15) is 20.3 Å². The fraction of sp³-hybridized carbons (Fsp3) is 0.600. The number of nitrogens with two attached hydrogens (primary N) is 1. The highest BCUT2D eigenvalue weighted by molar-refractivity contribution is 5.81. The van der Waals surface area contributed by atoms with Gasteiger partial charge in [-0.15, -0.1) is 0 Å². The fourth-order valence-electron chi connectivity index (χ4n) is 2.51. The second-order valence-electron chi connectivity index (χ2n) is 5.43. The van der Waals surface area contributed by atoms with Crippen LogP contribution in [0.15, 0.2) is 18.3 Å². The van der Waals surface area contributed by atoms with Gasteiger partial charge in [0.1, 0.15) is 5.82 Å². The van der Waals surface area contributed by atoms with E-state index in [1.165, 1.54) is 0 Å². The van der Waals surface area contributed by atoms with Gasteiger partial charge in [-0.05, 0) is 25.5 Å². The molecule has 0 aromatic carbocycles. The lowest BCUT2D eigenvalue weighted by molar-refractivity contribution is -0.126. The predicted octanol–water partition coefficient (Wildman–Crippen LogP) is 0.701. The van der Waals surface area contributed by atoms with Gasteiger partial charge < -0.3 is 16.0 Å². The minimum Gasteiger partial charge on any atom is -0.384 e. The summed E-state index contributed by atoms with van der Waals surface area (Å²) in [4.78, 5) is 20.6. The second-order valence-corrected chi connectivity index (χ2v) is 5.43. The van der Waals surface area contributed by atoms with E-state index in [0.717, 1.165) is 44.8 Å². The molecule has 116 valence electrons. The second kappa shape index (κ2) is 7.26. The molecule has 2 rings (SSSR count). The summed E-state index contributed by atoms with van der Waals surface area (Å²) >= 11 is 0. The van der Waals surface area contributed by atoms with E-state index >= 15 is 0 Å². The Morgan fingerprint density at radius 1 is 1.38 bits per heavy atom. The monoisotopic (exact) mass is 291 g/mol. The van der Waals surface area contributed by atoms with Crippen molar-refractivity contribution in [2.75, 3.05) is 43.4 Å². The molecule has 1 aliphatic heterocycles. The molecule has 0 aliphatic carbocycles. The van der Waals surface area contributed by atoms with E-state index in [-0.39, 0.29) is 11.9 Å². The normalized spacial score (nSPS) is 17.5. The van der Waals surface area contributed by atoms with Crippen LogP contribution in [0.2, 0.25) is 0 Å². The number of carbonyl (C=O) groups excluding carboxylic acids is 1. The van der Waals surface area contributed by atoms with Crippen molar-refractivity contribution in [1.82, 2.24) is 15.2 Å². The Balaban J connectivity index is 1.85. The molecule has 6 nitrogen and oxygen atoms in total. The quantitative estimate of drug-likeness (QED) is 0.835. The Bertz CT molecular complexity index is 454.